The number of carboxylic acid groups (broad SMARTS) is 1. The second kappa shape index (κ2) is 5.30. The van der Waals surface area contributed by atoms with Crippen LogP contribution < -0.4 is 0 Å². The Labute approximate surface area is 112 Å². The number of hydrogen-bond acceptors (Lipinski definition) is 2. The van der Waals surface area contributed by atoms with Gasteiger partial charge >= 0.3 is 12.0 Å². The summed E-state index contributed by atoms with van der Waals surface area (Å²) in [6.45, 7) is 3.21. The van der Waals surface area contributed by atoms with Crippen LogP contribution in [0.1, 0.15) is 24.0 Å². The summed E-state index contributed by atoms with van der Waals surface area (Å²) in [6, 6.07) is 7.30. The van der Waals surface area contributed by atoms with Crippen molar-refractivity contribution >= 4 is 12.0 Å². The Bertz CT molecular complexity index is 501. The van der Waals surface area contributed by atoms with Gasteiger partial charge in [-0.2, -0.15) is 0 Å². The number of carbonyl (C=O) groups is 2. The van der Waals surface area contributed by atoms with E-state index in [2.05, 4.69) is 0 Å². The smallest absolute Gasteiger partial charge is 0.320 e. The van der Waals surface area contributed by atoms with Gasteiger partial charge in [0.25, 0.3) is 0 Å². The molecule has 1 aromatic rings. The first-order valence-corrected chi connectivity index (χ1v) is 6.35. The first-order valence-electron chi connectivity index (χ1n) is 6.35. The minimum atomic E-state index is -0.885. The van der Waals surface area contributed by atoms with Crippen molar-refractivity contribution in [3.05, 3.63) is 35.4 Å². The number of benzene rings is 1. The van der Waals surface area contributed by atoms with Crippen molar-refractivity contribution in [2.24, 2.45) is 0 Å². The summed E-state index contributed by atoms with van der Waals surface area (Å²) in [7, 11) is 1.72. The molecule has 2 rings (SSSR count). The van der Waals surface area contributed by atoms with E-state index in [1.807, 2.05) is 31.2 Å². The Morgan fingerprint density at radius 2 is 2.11 bits per heavy atom. The SMILES string of the molecule is CCN(C)C(=O)N1Cc2ccccc2C(C(=O)O)C1. The van der Waals surface area contributed by atoms with Gasteiger partial charge in [-0.15, -0.1) is 0 Å². The summed E-state index contributed by atoms with van der Waals surface area (Å²) in [6.07, 6.45) is 0. The predicted molar refractivity (Wildman–Crippen MR) is 70.9 cm³/mol. The van der Waals surface area contributed by atoms with Crippen molar-refractivity contribution in [3.63, 3.8) is 0 Å². The summed E-state index contributed by atoms with van der Waals surface area (Å²) in [5.41, 5.74) is 1.73. The second-order valence-corrected chi connectivity index (χ2v) is 4.77. The lowest BCUT2D eigenvalue weighted by Gasteiger charge is -2.35. The van der Waals surface area contributed by atoms with Crippen LogP contribution in [0.4, 0.5) is 4.79 Å². The van der Waals surface area contributed by atoms with E-state index in [0.29, 0.717) is 13.1 Å². The normalized spacial score (nSPS) is 17.8. The number of fused-ring (bicyclic) bond motifs is 1. The number of amides is 2. The van der Waals surface area contributed by atoms with Crippen molar-refractivity contribution in [2.75, 3.05) is 20.1 Å². The topological polar surface area (TPSA) is 60.9 Å². The third-order valence-corrected chi connectivity index (χ3v) is 3.56. The summed E-state index contributed by atoms with van der Waals surface area (Å²) in [5.74, 6) is -1.52. The van der Waals surface area contributed by atoms with Gasteiger partial charge in [-0.1, -0.05) is 24.3 Å². The van der Waals surface area contributed by atoms with Crippen molar-refractivity contribution in [1.82, 2.24) is 9.80 Å². The van der Waals surface area contributed by atoms with Crippen LogP contribution in [0.3, 0.4) is 0 Å². The number of carboxylic acids is 1. The molecule has 19 heavy (non-hydrogen) atoms. The number of urea groups is 1. The molecule has 0 spiro atoms. The van der Waals surface area contributed by atoms with Crippen molar-refractivity contribution in [3.8, 4) is 0 Å². The van der Waals surface area contributed by atoms with Gasteiger partial charge in [0.2, 0.25) is 0 Å². The molecule has 0 bridgehead atoms. The largest absolute Gasteiger partial charge is 0.481 e. The Balaban J connectivity index is 2.30. The van der Waals surface area contributed by atoms with E-state index in [1.54, 1.807) is 16.8 Å². The average Bonchev–Trinajstić information content (AvgIpc) is 2.44. The van der Waals surface area contributed by atoms with Crippen molar-refractivity contribution < 1.29 is 14.7 Å². The van der Waals surface area contributed by atoms with Gasteiger partial charge in [0.15, 0.2) is 0 Å². The molecule has 1 N–H and O–H groups in total. The van der Waals surface area contributed by atoms with E-state index in [4.69, 9.17) is 0 Å². The average molecular weight is 262 g/mol. The zero-order valence-corrected chi connectivity index (χ0v) is 11.2. The van der Waals surface area contributed by atoms with Gasteiger partial charge in [0.05, 0.1) is 5.92 Å². The maximum absolute atomic E-state index is 12.2. The van der Waals surface area contributed by atoms with Crippen molar-refractivity contribution in [1.29, 1.82) is 0 Å². The van der Waals surface area contributed by atoms with Crippen LogP contribution in [-0.4, -0.2) is 47.0 Å². The van der Waals surface area contributed by atoms with E-state index in [9.17, 15) is 14.7 Å². The lowest BCUT2D eigenvalue weighted by Crippen LogP contribution is -2.46. The van der Waals surface area contributed by atoms with Crippen LogP contribution in [0.15, 0.2) is 24.3 Å². The molecule has 2 amide bonds. The highest BCUT2D eigenvalue weighted by atomic mass is 16.4. The number of rotatable bonds is 2. The van der Waals surface area contributed by atoms with Gasteiger partial charge in [0, 0.05) is 26.7 Å². The molecule has 102 valence electrons. The van der Waals surface area contributed by atoms with Gasteiger partial charge < -0.3 is 14.9 Å². The van der Waals surface area contributed by atoms with Crippen molar-refractivity contribution in [2.45, 2.75) is 19.4 Å². The molecular weight excluding hydrogens is 244 g/mol. The van der Waals surface area contributed by atoms with Gasteiger partial charge in [0.1, 0.15) is 0 Å². The minimum absolute atomic E-state index is 0.122. The van der Waals surface area contributed by atoms with E-state index >= 15 is 0 Å². The van der Waals surface area contributed by atoms with Gasteiger partial charge in [-0.05, 0) is 18.1 Å². The van der Waals surface area contributed by atoms with Crippen LogP contribution in [0.5, 0.6) is 0 Å². The van der Waals surface area contributed by atoms with Gasteiger partial charge in [-0.3, -0.25) is 4.79 Å². The summed E-state index contributed by atoms with van der Waals surface area (Å²) >= 11 is 0. The molecule has 1 atom stereocenters. The first-order chi connectivity index (χ1) is 9.04. The highest BCUT2D eigenvalue weighted by molar-refractivity contribution is 5.80. The predicted octanol–water partition coefficient (Wildman–Crippen LogP) is 1.74. The molecule has 0 saturated heterocycles. The molecule has 0 saturated carbocycles. The fourth-order valence-corrected chi connectivity index (χ4v) is 2.34. The standard InChI is InChI=1S/C14H18N2O3/c1-3-15(2)14(19)16-8-10-6-4-5-7-11(10)12(9-16)13(17)18/h4-7,12H,3,8-9H2,1-2H3,(H,17,18). The lowest BCUT2D eigenvalue weighted by molar-refractivity contribution is -0.139. The number of aliphatic carboxylic acids is 1. The first kappa shape index (κ1) is 13.4. The Hall–Kier alpha value is -2.04. The number of carbonyl (C=O) groups excluding carboxylic acids is 1. The zero-order valence-electron chi connectivity index (χ0n) is 11.2. The van der Waals surface area contributed by atoms with Crippen LogP contribution >= 0.6 is 0 Å². The van der Waals surface area contributed by atoms with E-state index in [0.717, 1.165) is 11.1 Å². The monoisotopic (exact) mass is 262 g/mol. The third kappa shape index (κ3) is 2.54. The molecule has 1 unspecified atom stereocenters. The van der Waals surface area contributed by atoms with Crippen LogP contribution in [0, 0.1) is 0 Å². The third-order valence-electron chi connectivity index (χ3n) is 3.56. The molecule has 0 fully saturated rings. The molecule has 0 radical (unpaired) electrons. The van der Waals surface area contributed by atoms with E-state index in [1.165, 1.54) is 0 Å². The maximum atomic E-state index is 12.2. The Morgan fingerprint density at radius 3 is 2.74 bits per heavy atom. The molecular formula is C14H18N2O3. The second-order valence-electron chi connectivity index (χ2n) is 4.77. The number of nitrogens with zero attached hydrogens (tertiary/aromatic N) is 2. The van der Waals surface area contributed by atoms with E-state index < -0.39 is 11.9 Å². The fraction of sp³-hybridized carbons (Fsp3) is 0.429. The molecule has 1 aromatic carbocycles. The molecule has 1 heterocycles. The summed E-state index contributed by atoms with van der Waals surface area (Å²) in [5, 5.41) is 9.33. The minimum Gasteiger partial charge on any atom is -0.481 e. The fourth-order valence-electron chi connectivity index (χ4n) is 2.34. The molecule has 5 heteroatoms. The lowest BCUT2D eigenvalue weighted by atomic mass is 9.90. The molecule has 0 aliphatic carbocycles. The maximum Gasteiger partial charge on any atom is 0.320 e. The van der Waals surface area contributed by atoms with Crippen LogP contribution in [0.25, 0.3) is 0 Å². The quantitative estimate of drug-likeness (QED) is 0.883. The Kier molecular flexibility index (Phi) is 3.74. The summed E-state index contributed by atoms with van der Waals surface area (Å²) in [4.78, 5) is 26.7. The zero-order chi connectivity index (χ0) is 14.0. The molecule has 0 aromatic heterocycles. The van der Waals surface area contributed by atoms with Crippen LogP contribution in [-0.2, 0) is 11.3 Å². The Morgan fingerprint density at radius 1 is 1.42 bits per heavy atom. The highest BCUT2D eigenvalue weighted by Gasteiger charge is 2.33. The van der Waals surface area contributed by atoms with E-state index in [-0.39, 0.29) is 12.6 Å². The van der Waals surface area contributed by atoms with Gasteiger partial charge in [-0.25, -0.2) is 4.79 Å². The molecule has 1 aliphatic heterocycles. The molecule has 5 nitrogen and oxygen atoms in total. The highest BCUT2D eigenvalue weighted by Crippen LogP contribution is 2.28. The number of hydrogen-bond donors (Lipinski definition) is 1. The van der Waals surface area contributed by atoms with Crippen LogP contribution in [0.2, 0.25) is 0 Å². The molecule has 1 aliphatic rings. The summed E-state index contributed by atoms with van der Waals surface area (Å²) < 4.78 is 0.